The summed E-state index contributed by atoms with van der Waals surface area (Å²) in [7, 11) is 1.49. The fraction of sp³-hybridized carbons (Fsp3) is 0.182. The molecule has 0 radical (unpaired) electrons. The Bertz CT molecular complexity index is 633. The van der Waals surface area contributed by atoms with E-state index in [4.69, 9.17) is 5.73 Å². The number of aryl methyl sites for hydroxylation is 1. The molecule has 0 unspecified atom stereocenters. The van der Waals surface area contributed by atoms with Crippen LogP contribution in [0.3, 0.4) is 0 Å². The Labute approximate surface area is 105 Å². The van der Waals surface area contributed by atoms with Crippen LogP contribution in [-0.4, -0.2) is 20.5 Å². The normalized spacial score (nSPS) is 11.6. The van der Waals surface area contributed by atoms with E-state index < -0.39 is 23.1 Å². The zero-order valence-electron chi connectivity index (χ0n) is 9.77. The third-order valence-electron chi connectivity index (χ3n) is 2.60. The maximum Gasteiger partial charge on any atom is 0.417 e. The van der Waals surface area contributed by atoms with Crippen molar-refractivity contribution in [2.75, 3.05) is 5.73 Å². The molecule has 0 spiro atoms. The highest BCUT2D eigenvalue weighted by Crippen LogP contribution is 2.32. The highest BCUT2D eigenvalue weighted by atomic mass is 19.4. The lowest BCUT2D eigenvalue weighted by Gasteiger charge is -2.10. The van der Waals surface area contributed by atoms with Crippen molar-refractivity contribution in [2.24, 2.45) is 7.05 Å². The first kappa shape index (κ1) is 13.1. The van der Waals surface area contributed by atoms with E-state index in [0.29, 0.717) is 0 Å². The summed E-state index contributed by atoms with van der Waals surface area (Å²) in [6, 6.07) is 0.750. The fourth-order valence-electron chi connectivity index (χ4n) is 1.59. The Morgan fingerprint density at radius 2 is 2.00 bits per heavy atom. The Balaban J connectivity index is 2.54. The van der Waals surface area contributed by atoms with Gasteiger partial charge in [-0.1, -0.05) is 0 Å². The summed E-state index contributed by atoms with van der Waals surface area (Å²) in [4.78, 5) is 15.6. The van der Waals surface area contributed by atoms with Crippen LogP contribution in [0.2, 0.25) is 0 Å². The van der Waals surface area contributed by atoms with Gasteiger partial charge in [0, 0.05) is 19.4 Å². The van der Waals surface area contributed by atoms with Gasteiger partial charge in [0.2, 0.25) is 5.78 Å². The second-order valence-corrected chi connectivity index (χ2v) is 3.82. The minimum Gasteiger partial charge on any atom is -0.383 e. The largest absolute Gasteiger partial charge is 0.417 e. The van der Waals surface area contributed by atoms with Gasteiger partial charge < -0.3 is 5.73 Å². The summed E-state index contributed by atoms with van der Waals surface area (Å²) in [5.74, 6) is -0.854. The van der Waals surface area contributed by atoms with Crippen LogP contribution in [-0.2, 0) is 13.2 Å². The number of rotatable bonds is 2. The average Bonchev–Trinajstić information content (AvgIpc) is 2.68. The smallest absolute Gasteiger partial charge is 0.383 e. The number of carbonyl (C=O) groups excluding carboxylic acids is 1. The van der Waals surface area contributed by atoms with Gasteiger partial charge in [0.25, 0.3) is 0 Å². The minimum atomic E-state index is -4.63. The lowest BCUT2D eigenvalue weighted by atomic mass is 10.0. The highest BCUT2D eigenvalue weighted by molar-refractivity contribution is 6.12. The number of anilines is 1. The van der Waals surface area contributed by atoms with E-state index in [9.17, 15) is 18.0 Å². The van der Waals surface area contributed by atoms with E-state index >= 15 is 0 Å². The van der Waals surface area contributed by atoms with Gasteiger partial charge in [-0.2, -0.15) is 18.3 Å². The van der Waals surface area contributed by atoms with E-state index in [1.807, 2.05) is 0 Å². The van der Waals surface area contributed by atoms with E-state index in [1.54, 1.807) is 0 Å². The molecule has 0 aliphatic rings. The summed E-state index contributed by atoms with van der Waals surface area (Å²) in [5, 5.41) is 3.72. The number of nitrogens with two attached hydrogens (primary N) is 1. The van der Waals surface area contributed by atoms with Crippen LogP contribution in [0, 0.1) is 0 Å². The van der Waals surface area contributed by atoms with Gasteiger partial charge in [-0.3, -0.25) is 14.5 Å². The molecule has 2 N–H and O–H groups in total. The molecule has 0 amide bonds. The molecule has 0 saturated heterocycles. The van der Waals surface area contributed by atoms with E-state index in [1.165, 1.54) is 11.7 Å². The molecule has 5 nitrogen and oxygen atoms in total. The number of halogens is 3. The summed E-state index contributed by atoms with van der Waals surface area (Å²) in [5.41, 5.74) is 3.90. The van der Waals surface area contributed by atoms with Crippen molar-refractivity contribution >= 4 is 11.6 Å². The topological polar surface area (TPSA) is 73.8 Å². The molecule has 2 rings (SSSR count). The number of aromatic nitrogens is 3. The number of hydrogen-bond donors (Lipinski definition) is 1. The van der Waals surface area contributed by atoms with Gasteiger partial charge in [0.15, 0.2) is 0 Å². The first-order valence-electron chi connectivity index (χ1n) is 5.15. The standard InChI is InChI=1S/C11H9F3N4O/c1-18-10(15)7(5-17-18)9(19)6-4-16-3-2-8(6)11(12,13)14/h2-5H,15H2,1H3. The predicted octanol–water partition coefficient (Wildman–Crippen LogP) is 1.65. The Morgan fingerprint density at radius 3 is 2.53 bits per heavy atom. The molecule has 2 aromatic heterocycles. The number of pyridine rings is 1. The van der Waals surface area contributed by atoms with Crippen molar-refractivity contribution in [1.82, 2.24) is 14.8 Å². The number of ketones is 1. The lowest BCUT2D eigenvalue weighted by molar-refractivity contribution is -0.137. The van der Waals surface area contributed by atoms with Crippen molar-refractivity contribution in [3.8, 4) is 0 Å². The van der Waals surface area contributed by atoms with Crippen LogP contribution >= 0.6 is 0 Å². The van der Waals surface area contributed by atoms with Gasteiger partial charge in [0.05, 0.1) is 22.9 Å². The van der Waals surface area contributed by atoms with Gasteiger partial charge in [-0.15, -0.1) is 0 Å². The average molecular weight is 270 g/mol. The second kappa shape index (κ2) is 4.38. The zero-order valence-corrected chi connectivity index (χ0v) is 9.77. The van der Waals surface area contributed by atoms with E-state index in [0.717, 1.165) is 24.7 Å². The molecule has 0 aliphatic heterocycles. The molecule has 0 atom stereocenters. The van der Waals surface area contributed by atoms with Crippen LogP contribution in [0.1, 0.15) is 21.5 Å². The molecule has 0 saturated carbocycles. The number of carbonyl (C=O) groups is 1. The van der Waals surface area contributed by atoms with Crippen LogP contribution in [0.5, 0.6) is 0 Å². The van der Waals surface area contributed by atoms with Gasteiger partial charge >= 0.3 is 6.18 Å². The van der Waals surface area contributed by atoms with Crippen molar-refractivity contribution in [2.45, 2.75) is 6.18 Å². The number of nitrogens with zero attached hydrogens (tertiary/aromatic N) is 3. The van der Waals surface area contributed by atoms with Crippen LogP contribution < -0.4 is 5.73 Å². The maximum atomic E-state index is 12.8. The first-order chi connectivity index (χ1) is 8.82. The zero-order chi connectivity index (χ0) is 14.2. The van der Waals surface area contributed by atoms with Crippen molar-refractivity contribution in [3.05, 3.63) is 41.3 Å². The van der Waals surface area contributed by atoms with E-state index in [2.05, 4.69) is 10.1 Å². The Kier molecular flexibility index (Phi) is 3.01. The van der Waals surface area contributed by atoms with Crippen LogP contribution in [0.4, 0.5) is 19.0 Å². The van der Waals surface area contributed by atoms with Crippen molar-refractivity contribution in [3.63, 3.8) is 0 Å². The monoisotopic (exact) mass is 270 g/mol. The molecule has 0 bridgehead atoms. The number of hydrogen-bond acceptors (Lipinski definition) is 4. The van der Waals surface area contributed by atoms with Gasteiger partial charge in [0.1, 0.15) is 5.82 Å². The third-order valence-corrected chi connectivity index (χ3v) is 2.60. The number of nitrogen functional groups attached to an aromatic ring is 1. The van der Waals surface area contributed by atoms with Gasteiger partial charge in [-0.25, -0.2) is 0 Å². The molecular weight excluding hydrogens is 261 g/mol. The van der Waals surface area contributed by atoms with E-state index in [-0.39, 0.29) is 11.4 Å². The summed E-state index contributed by atoms with van der Waals surface area (Å²) in [6.07, 6.45) is -1.65. The molecule has 2 heterocycles. The predicted molar refractivity (Wildman–Crippen MR) is 60.3 cm³/mol. The summed E-state index contributed by atoms with van der Waals surface area (Å²) >= 11 is 0. The molecule has 0 fully saturated rings. The maximum absolute atomic E-state index is 12.8. The van der Waals surface area contributed by atoms with Crippen molar-refractivity contribution < 1.29 is 18.0 Å². The Hall–Kier alpha value is -2.38. The minimum absolute atomic E-state index is 0.00183. The molecule has 19 heavy (non-hydrogen) atoms. The molecule has 0 aromatic carbocycles. The quantitative estimate of drug-likeness (QED) is 0.842. The number of alkyl halides is 3. The molecule has 8 heteroatoms. The van der Waals surface area contributed by atoms with Gasteiger partial charge in [-0.05, 0) is 6.07 Å². The van der Waals surface area contributed by atoms with Crippen LogP contribution in [0.25, 0.3) is 0 Å². The second-order valence-electron chi connectivity index (χ2n) is 3.82. The Morgan fingerprint density at radius 1 is 1.32 bits per heavy atom. The first-order valence-corrected chi connectivity index (χ1v) is 5.15. The molecular formula is C11H9F3N4O. The van der Waals surface area contributed by atoms with Crippen LogP contribution in [0.15, 0.2) is 24.7 Å². The highest BCUT2D eigenvalue weighted by Gasteiger charge is 2.36. The third kappa shape index (κ3) is 2.28. The molecule has 0 aliphatic carbocycles. The fourth-order valence-corrected chi connectivity index (χ4v) is 1.59. The summed E-state index contributed by atoms with van der Waals surface area (Å²) < 4.78 is 39.6. The summed E-state index contributed by atoms with van der Waals surface area (Å²) in [6.45, 7) is 0. The van der Waals surface area contributed by atoms with Crippen molar-refractivity contribution in [1.29, 1.82) is 0 Å². The lowest BCUT2D eigenvalue weighted by Crippen LogP contribution is -2.15. The molecule has 100 valence electrons. The molecule has 2 aromatic rings. The SMILES string of the molecule is Cn1ncc(C(=O)c2cnccc2C(F)(F)F)c1N.